The van der Waals surface area contributed by atoms with E-state index in [1.54, 1.807) is 4.68 Å². The van der Waals surface area contributed by atoms with Gasteiger partial charge in [-0.2, -0.15) is 5.10 Å². The molecule has 4 heteroatoms. The summed E-state index contributed by atoms with van der Waals surface area (Å²) in [7, 11) is 1.92. The van der Waals surface area contributed by atoms with Gasteiger partial charge in [-0.3, -0.25) is 4.68 Å². The lowest BCUT2D eigenvalue weighted by molar-refractivity contribution is 0.0113. The van der Waals surface area contributed by atoms with Gasteiger partial charge < -0.3 is 10.5 Å². The molecule has 18 heavy (non-hydrogen) atoms. The van der Waals surface area contributed by atoms with Gasteiger partial charge >= 0.3 is 0 Å². The van der Waals surface area contributed by atoms with Crippen LogP contribution in [-0.2, 0) is 18.2 Å². The lowest BCUT2D eigenvalue weighted by Crippen LogP contribution is -2.19. The number of hydrogen-bond donors (Lipinski definition) is 1. The summed E-state index contributed by atoms with van der Waals surface area (Å²) in [5.74, 6) is 1.24. The molecule has 1 atom stereocenters. The molecule has 1 unspecified atom stereocenters. The maximum atomic E-state index is 6.08. The summed E-state index contributed by atoms with van der Waals surface area (Å²) in [6.45, 7) is 5.27. The fraction of sp³-hybridized carbons (Fsp3) is 0.786. The molecule has 102 valence electrons. The van der Waals surface area contributed by atoms with E-state index in [9.17, 15) is 0 Å². The molecule has 0 radical (unpaired) electrons. The molecule has 1 aromatic heterocycles. The van der Waals surface area contributed by atoms with Crippen molar-refractivity contribution in [2.75, 3.05) is 12.3 Å². The summed E-state index contributed by atoms with van der Waals surface area (Å²) >= 11 is 0. The molecule has 4 nitrogen and oxygen atoms in total. The van der Waals surface area contributed by atoms with Crippen LogP contribution in [-0.4, -0.2) is 22.5 Å². The van der Waals surface area contributed by atoms with Crippen LogP contribution in [0.5, 0.6) is 0 Å². The van der Waals surface area contributed by atoms with Crippen molar-refractivity contribution in [3.63, 3.8) is 0 Å². The number of nitrogens with two attached hydrogens (primary N) is 1. The molecule has 0 aliphatic carbocycles. The van der Waals surface area contributed by atoms with Gasteiger partial charge in [0.1, 0.15) is 5.82 Å². The highest BCUT2D eigenvalue weighted by atomic mass is 16.5. The summed E-state index contributed by atoms with van der Waals surface area (Å²) in [6, 6.07) is 0. The van der Waals surface area contributed by atoms with Gasteiger partial charge in [0.2, 0.25) is 0 Å². The Morgan fingerprint density at radius 1 is 1.44 bits per heavy atom. The Kier molecular flexibility index (Phi) is 4.27. The lowest BCUT2D eigenvalue weighted by atomic mass is 9.97. The van der Waals surface area contributed by atoms with Crippen LogP contribution in [0.4, 0.5) is 5.82 Å². The van der Waals surface area contributed by atoms with Crippen LogP contribution in [0.3, 0.4) is 0 Å². The molecule has 1 saturated heterocycles. The number of rotatable bonds is 4. The average Bonchev–Trinajstić information content (AvgIpc) is 2.64. The first-order valence-corrected chi connectivity index (χ1v) is 7.02. The molecule has 1 fully saturated rings. The van der Waals surface area contributed by atoms with E-state index in [0.717, 1.165) is 31.0 Å². The minimum Gasteiger partial charge on any atom is -0.384 e. The number of nitrogen functional groups attached to an aromatic ring is 1. The third-order valence-corrected chi connectivity index (χ3v) is 3.76. The van der Waals surface area contributed by atoms with Gasteiger partial charge in [-0.15, -0.1) is 0 Å². The van der Waals surface area contributed by atoms with E-state index in [1.165, 1.54) is 24.8 Å². The molecule has 1 aliphatic rings. The van der Waals surface area contributed by atoms with Gasteiger partial charge in [0.15, 0.2) is 0 Å². The normalized spacial score (nSPS) is 20.6. The van der Waals surface area contributed by atoms with Crippen molar-refractivity contribution in [2.24, 2.45) is 7.05 Å². The molecular formula is C14H25N3O. The van der Waals surface area contributed by atoms with Crippen LogP contribution in [0, 0.1) is 0 Å². The zero-order valence-corrected chi connectivity index (χ0v) is 11.8. The first-order valence-electron chi connectivity index (χ1n) is 7.02. The zero-order valence-electron chi connectivity index (χ0n) is 11.8. The first kappa shape index (κ1) is 13.4. The van der Waals surface area contributed by atoms with Crippen molar-refractivity contribution in [3.8, 4) is 0 Å². The number of hydrogen-bond acceptors (Lipinski definition) is 3. The van der Waals surface area contributed by atoms with E-state index in [1.807, 2.05) is 7.05 Å². The molecule has 1 aromatic rings. The van der Waals surface area contributed by atoms with Crippen LogP contribution < -0.4 is 5.73 Å². The maximum absolute atomic E-state index is 6.08. The molecule has 1 aliphatic heterocycles. The first-order chi connectivity index (χ1) is 8.59. The van der Waals surface area contributed by atoms with E-state index in [-0.39, 0.29) is 0 Å². The molecule has 0 amide bonds. The average molecular weight is 251 g/mol. The van der Waals surface area contributed by atoms with Crippen LogP contribution >= 0.6 is 0 Å². The van der Waals surface area contributed by atoms with Crippen molar-refractivity contribution in [1.29, 1.82) is 0 Å². The van der Waals surface area contributed by atoms with Gasteiger partial charge in [0, 0.05) is 19.2 Å². The Morgan fingerprint density at radius 2 is 2.22 bits per heavy atom. The third kappa shape index (κ3) is 2.86. The quantitative estimate of drug-likeness (QED) is 0.895. The predicted molar refractivity (Wildman–Crippen MR) is 73.6 cm³/mol. The molecule has 2 heterocycles. The number of anilines is 1. The summed E-state index contributed by atoms with van der Waals surface area (Å²) < 4.78 is 7.57. The van der Waals surface area contributed by atoms with Crippen LogP contribution in [0.1, 0.15) is 56.7 Å². The Balaban J connectivity index is 2.02. The van der Waals surface area contributed by atoms with E-state index < -0.39 is 0 Å². The number of aryl methyl sites for hydroxylation is 2. The van der Waals surface area contributed by atoms with Crippen molar-refractivity contribution in [1.82, 2.24) is 9.78 Å². The molecular weight excluding hydrogens is 226 g/mol. The van der Waals surface area contributed by atoms with Crippen molar-refractivity contribution in [3.05, 3.63) is 11.3 Å². The van der Waals surface area contributed by atoms with Crippen molar-refractivity contribution < 1.29 is 4.74 Å². The molecule has 2 rings (SSSR count). The third-order valence-electron chi connectivity index (χ3n) is 3.76. The van der Waals surface area contributed by atoms with Gasteiger partial charge in [0.25, 0.3) is 0 Å². The van der Waals surface area contributed by atoms with E-state index in [4.69, 9.17) is 10.5 Å². The van der Waals surface area contributed by atoms with Crippen LogP contribution in [0.25, 0.3) is 0 Å². The summed E-state index contributed by atoms with van der Waals surface area (Å²) in [4.78, 5) is 0. The Bertz CT molecular complexity index is 392. The number of aromatic nitrogens is 2. The number of ether oxygens (including phenoxy) is 1. The molecule has 0 aromatic carbocycles. The van der Waals surface area contributed by atoms with Crippen LogP contribution in [0.2, 0.25) is 0 Å². The summed E-state index contributed by atoms with van der Waals surface area (Å²) in [5.41, 5.74) is 8.45. The second kappa shape index (κ2) is 5.74. The highest BCUT2D eigenvalue weighted by molar-refractivity contribution is 5.45. The monoisotopic (exact) mass is 251 g/mol. The summed E-state index contributed by atoms with van der Waals surface area (Å²) in [6.07, 6.45) is 6.16. The molecule has 2 N–H and O–H groups in total. The zero-order chi connectivity index (χ0) is 13.1. The molecule has 0 bridgehead atoms. The summed E-state index contributed by atoms with van der Waals surface area (Å²) in [5, 5.41) is 4.55. The van der Waals surface area contributed by atoms with E-state index >= 15 is 0 Å². The second-order valence-electron chi connectivity index (χ2n) is 5.55. The van der Waals surface area contributed by atoms with Gasteiger partial charge in [-0.05, 0) is 38.0 Å². The minimum atomic E-state index is 0.419. The fourth-order valence-corrected chi connectivity index (χ4v) is 2.76. The Labute approximate surface area is 110 Å². The maximum Gasteiger partial charge on any atom is 0.125 e. The van der Waals surface area contributed by atoms with E-state index in [2.05, 4.69) is 18.9 Å². The Hall–Kier alpha value is -1.03. The minimum absolute atomic E-state index is 0.419. The molecule has 0 saturated carbocycles. The fourth-order valence-electron chi connectivity index (χ4n) is 2.76. The standard InChI is InChI=1S/C14H25N3O/c1-10(2)13-12(16-17(3)14(13)15)8-7-11-6-4-5-9-18-11/h10-11H,4-9,15H2,1-3H3. The SMILES string of the molecule is CC(C)c1c(CCC2CCCCO2)nn(C)c1N. The molecule has 0 spiro atoms. The van der Waals surface area contributed by atoms with Gasteiger partial charge in [0.05, 0.1) is 11.8 Å². The lowest BCUT2D eigenvalue weighted by Gasteiger charge is -2.22. The topological polar surface area (TPSA) is 53.1 Å². The predicted octanol–water partition coefficient (Wildman–Crippen LogP) is 2.63. The van der Waals surface area contributed by atoms with E-state index in [0.29, 0.717) is 12.0 Å². The largest absolute Gasteiger partial charge is 0.384 e. The highest BCUT2D eigenvalue weighted by Gasteiger charge is 2.19. The number of nitrogens with zero attached hydrogens (tertiary/aromatic N) is 2. The van der Waals surface area contributed by atoms with Crippen molar-refractivity contribution >= 4 is 5.82 Å². The van der Waals surface area contributed by atoms with Gasteiger partial charge in [-0.1, -0.05) is 13.8 Å². The van der Waals surface area contributed by atoms with Crippen LogP contribution in [0.15, 0.2) is 0 Å². The highest BCUT2D eigenvalue weighted by Crippen LogP contribution is 2.27. The second-order valence-corrected chi connectivity index (χ2v) is 5.55. The Morgan fingerprint density at radius 3 is 2.83 bits per heavy atom. The van der Waals surface area contributed by atoms with Gasteiger partial charge in [-0.25, -0.2) is 0 Å². The van der Waals surface area contributed by atoms with Crippen molar-refractivity contribution in [2.45, 2.75) is 58.0 Å². The smallest absolute Gasteiger partial charge is 0.125 e.